The minimum absolute atomic E-state index is 0.0899. The Labute approximate surface area is 162 Å². The lowest BCUT2D eigenvalue weighted by molar-refractivity contribution is -0.117. The molecule has 8 nitrogen and oxygen atoms in total. The fourth-order valence-electron chi connectivity index (χ4n) is 3.21. The number of nitrogens with one attached hydrogen (secondary N) is 2. The second kappa shape index (κ2) is 8.98. The van der Waals surface area contributed by atoms with Crippen LogP contribution in [-0.4, -0.2) is 43.5 Å². The summed E-state index contributed by atoms with van der Waals surface area (Å²) in [4.78, 5) is 28.2. The Morgan fingerprint density at radius 1 is 1.30 bits per heavy atom. The Bertz CT molecular complexity index is 794. The van der Waals surface area contributed by atoms with E-state index < -0.39 is 6.03 Å². The van der Waals surface area contributed by atoms with Gasteiger partial charge in [-0.2, -0.15) is 0 Å². The van der Waals surface area contributed by atoms with Crippen LogP contribution in [0.25, 0.3) is 11.4 Å². The van der Waals surface area contributed by atoms with Gasteiger partial charge in [0, 0.05) is 31.0 Å². The number of thioether (sulfide) groups is 1. The van der Waals surface area contributed by atoms with E-state index in [9.17, 15) is 9.59 Å². The molecule has 3 amide bonds. The molecule has 0 spiro atoms. The minimum atomic E-state index is -0.423. The van der Waals surface area contributed by atoms with Crippen LogP contribution in [0.3, 0.4) is 0 Å². The van der Waals surface area contributed by atoms with Gasteiger partial charge in [0.1, 0.15) is 0 Å². The van der Waals surface area contributed by atoms with Gasteiger partial charge in [0.05, 0.1) is 5.75 Å². The summed E-state index contributed by atoms with van der Waals surface area (Å²) >= 11 is 1.24. The number of urea groups is 1. The first-order chi connectivity index (χ1) is 13.0. The Balaban J connectivity index is 1.49. The van der Waals surface area contributed by atoms with Crippen molar-refractivity contribution >= 4 is 23.7 Å². The zero-order valence-corrected chi connectivity index (χ0v) is 16.3. The summed E-state index contributed by atoms with van der Waals surface area (Å²) in [6, 6.07) is 3.44. The van der Waals surface area contributed by atoms with E-state index in [-0.39, 0.29) is 17.7 Å². The monoisotopic (exact) mass is 388 g/mol. The first-order valence-electron chi connectivity index (χ1n) is 9.07. The Kier molecular flexibility index (Phi) is 6.44. The number of imide groups is 1. The van der Waals surface area contributed by atoms with Crippen molar-refractivity contribution in [3.05, 3.63) is 24.5 Å². The molecule has 2 heterocycles. The van der Waals surface area contributed by atoms with Gasteiger partial charge in [0.15, 0.2) is 11.0 Å². The molecule has 3 rings (SSSR count). The molecule has 0 aromatic carbocycles. The lowest BCUT2D eigenvalue weighted by Gasteiger charge is -2.29. The molecule has 2 N–H and O–H groups in total. The zero-order valence-electron chi connectivity index (χ0n) is 15.5. The summed E-state index contributed by atoms with van der Waals surface area (Å²) in [5.74, 6) is 0.854. The molecular formula is C18H24N6O2S. The van der Waals surface area contributed by atoms with Crippen molar-refractivity contribution in [2.75, 3.05) is 5.75 Å². The molecule has 0 saturated heterocycles. The third-order valence-electron chi connectivity index (χ3n) is 4.77. The van der Waals surface area contributed by atoms with Crippen molar-refractivity contribution in [2.45, 2.75) is 43.8 Å². The highest BCUT2D eigenvalue weighted by Crippen LogP contribution is 2.24. The lowest BCUT2D eigenvalue weighted by atomic mass is 9.86. The quantitative estimate of drug-likeness (QED) is 0.763. The van der Waals surface area contributed by atoms with Crippen molar-refractivity contribution in [2.24, 2.45) is 13.0 Å². The van der Waals surface area contributed by atoms with Gasteiger partial charge in [0.2, 0.25) is 5.91 Å². The Morgan fingerprint density at radius 3 is 2.85 bits per heavy atom. The predicted molar refractivity (Wildman–Crippen MR) is 103 cm³/mol. The second-order valence-corrected chi connectivity index (χ2v) is 7.73. The largest absolute Gasteiger partial charge is 0.335 e. The van der Waals surface area contributed by atoms with E-state index in [1.54, 1.807) is 17.0 Å². The molecule has 0 radical (unpaired) electrons. The van der Waals surface area contributed by atoms with Crippen molar-refractivity contribution in [1.82, 2.24) is 30.4 Å². The normalized spacial score (nSPS) is 19.5. The second-order valence-electron chi connectivity index (χ2n) is 6.79. The van der Waals surface area contributed by atoms with Gasteiger partial charge in [-0.3, -0.25) is 15.1 Å². The molecule has 1 saturated carbocycles. The van der Waals surface area contributed by atoms with E-state index in [1.807, 2.05) is 19.2 Å². The van der Waals surface area contributed by atoms with Crippen LogP contribution in [0.2, 0.25) is 0 Å². The van der Waals surface area contributed by atoms with E-state index in [2.05, 4.69) is 32.7 Å². The molecule has 0 unspecified atom stereocenters. The average molecular weight is 388 g/mol. The maximum Gasteiger partial charge on any atom is 0.321 e. The minimum Gasteiger partial charge on any atom is -0.335 e. The van der Waals surface area contributed by atoms with Crippen molar-refractivity contribution in [3.8, 4) is 11.4 Å². The van der Waals surface area contributed by atoms with E-state index in [0.29, 0.717) is 16.9 Å². The van der Waals surface area contributed by atoms with Crippen molar-refractivity contribution in [1.29, 1.82) is 0 Å². The third kappa shape index (κ3) is 5.06. The summed E-state index contributed by atoms with van der Waals surface area (Å²) in [6.07, 6.45) is 7.80. The fourth-order valence-corrected chi connectivity index (χ4v) is 3.93. The van der Waals surface area contributed by atoms with E-state index in [0.717, 1.165) is 24.8 Å². The first kappa shape index (κ1) is 19.3. The number of hydrogen-bond acceptors (Lipinski definition) is 6. The van der Waals surface area contributed by atoms with Gasteiger partial charge < -0.3 is 9.88 Å². The van der Waals surface area contributed by atoms with Crippen LogP contribution in [0.4, 0.5) is 4.79 Å². The SMILES string of the molecule is C[C@@H]1CCCC[C@@H]1NC(=O)NC(=O)CSc1nnc(-c2cccnc2)n1C. The summed E-state index contributed by atoms with van der Waals surface area (Å²) in [5.41, 5.74) is 0.852. The molecule has 27 heavy (non-hydrogen) atoms. The van der Waals surface area contributed by atoms with Crippen LogP contribution >= 0.6 is 11.8 Å². The highest BCUT2D eigenvalue weighted by Gasteiger charge is 2.23. The Morgan fingerprint density at radius 2 is 2.11 bits per heavy atom. The average Bonchev–Trinajstić information content (AvgIpc) is 3.03. The molecule has 1 aliphatic carbocycles. The van der Waals surface area contributed by atoms with Crippen molar-refractivity contribution < 1.29 is 9.59 Å². The molecule has 144 valence electrons. The summed E-state index contributed by atoms with van der Waals surface area (Å²) in [5, 5.41) is 14.2. The molecule has 9 heteroatoms. The maximum absolute atomic E-state index is 12.1. The van der Waals surface area contributed by atoms with Gasteiger partial charge in [-0.25, -0.2) is 4.79 Å². The van der Waals surface area contributed by atoms with Crippen LogP contribution < -0.4 is 10.6 Å². The molecular weight excluding hydrogens is 364 g/mol. The summed E-state index contributed by atoms with van der Waals surface area (Å²) in [7, 11) is 1.83. The number of pyridine rings is 1. The fraction of sp³-hybridized carbons (Fsp3) is 0.500. The Hall–Kier alpha value is -2.42. The van der Waals surface area contributed by atoms with Crippen LogP contribution in [-0.2, 0) is 11.8 Å². The molecule has 1 fully saturated rings. The number of rotatable bonds is 5. The number of hydrogen-bond donors (Lipinski definition) is 2. The maximum atomic E-state index is 12.1. The van der Waals surface area contributed by atoms with Crippen LogP contribution in [0.15, 0.2) is 29.7 Å². The molecule has 0 bridgehead atoms. The molecule has 0 aliphatic heterocycles. The van der Waals surface area contributed by atoms with Crippen LogP contribution in [0, 0.1) is 5.92 Å². The molecule has 1 aliphatic rings. The van der Waals surface area contributed by atoms with Crippen molar-refractivity contribution in [3.63, 3.8) is 0 Å². The number of carbonyl (C=O) groups excluding carboxylic acids is 2. The topological polar surface area (TPSA) is 102 Å². The standard InChI is InChI=1S/C18H24N6O2S/c1-12-6-3-4-8-14(12)20-17(26)21-15(25)11-27-18-23-22-16(24(18)2)13-7-5-9-19-10-13/h5,7,9-10,12,14H,3-4,6,8,11H2,1-2H3,(H2,20,21,25,26)/t12-,14+/m1/s1. The number of amides is 3. The number of carbonyl (C=O) groups is 2. The molecule has 2 atom stereocenters. The lowest BCUT2D eigenvalue weighted by Crippen LogP contribution is -2.48. The zero-order chi connectivity index (χ0) is 19.2. The van der Waals surface area contributed by atoms with Gasteiger partial charge in [-0.15, -0.1) is 10.2 Å². The smallest absolute Gasteiger partial charge is 0.321 e. The van der Waals surface area contributed by atoms with Gasteiger partial charge in [-0.05, 0) is 30.9 Å². The van der Waals surface area contributed by atoms with E-state index in [1.165, 1.54) is 18.2 Å². The van der Waals surface area contributed by atoms with Gasteiger partial charge in [-0.1, -0.05) is 31.5 Å². The highest BCUT2D eigenvalue weighted by atomic mass is 32.2. The first-order valence-corrected chi connectivity index (χ1v) is 10.1. The van der Waals surface area contributed by atoms with Crippen LogP contribution in [0.1, 0.15) is 32.6 Å². The van der Waals surface area contributed by atoms with Crippen LogP contribution in [0.5, 0.6) is 0 Å². The predicted octanol–water partition coefficient (Wildman–Crippen LogP) is 2.37. The van der Waals surface area contributed by atoms with Gasteiger partial charge >= 0.3 is 6.03 Å². The number of aromatic nitrogens is 4. The summed E-state index contributed by atoms with van der Waals surface area (Å²) < 4.78 is 1.80. The van der Waals surface area contributed by atoms with Gasteiger partial charge in [0.25, 0.3) is 0 Å². The summed E-state index contributed by atoms with van der Waals surface area (Å²) in [6.45, 7) is 2.13. The number of nitrogens with zero attached hydrogens (tertiary/aromatic N) is 4. The highest BCUT2D eigenvalue weighted by molar-refractivity contribution is 7.99. The van der Waals surface area contributed by atoms with E-state index >= 15 is 0 Å². The van der Waals surface area contributed by atoms with E-state index in [4.69, 9.17) is 0 Å². The third-order valence-corrected chi connectivity index (χ3v) is 5.79. The molecule has 2 aromatic rings. The molecule has 2 aromatic heterocycles.